The van der Waals surface area contributed by atoms with Crippen LogP contribution in [-0.2, 0) is 4.79 Å². The Morgan fingerprint density at radius 1 is 1.40 bits per heavy atom. The van der Waals surface area contributed by atoms with Crippen LogP contribution in [-0.4, -0.2) is 34.9 Å². The van der Waals surface area contributed by atoms with E-state index in [9.17, 15) is 9.59 Å². The standard InChI is InChI=1S/C13H20N2O4S/c1-7-6-10(9(3)20-7)8(2)15-13(19)14-5-4-11(16)12(17)18/h6,8,11,16H,4-5H2,1-3H3,(H,17,18)(H2,14,15,19). The van der Waals surface area contributed by atoms with Crippen LogP contribution in [0, 0.1) is 13.8 Å². The van der Waals surface area contributed by atoms with Gasteiger partial charge in [0.1, 0.15) is 0 Å². The first kappa shape index (κ1) is 16.5. The molecule has 0 aromatic carbocycles. The van der Waals surface area contributed by atoms with Gasteiger partial charge in [0, 0.05) is 22.7 Å². The number of aliphatic carboxylic acids is 1. The molecule has 0 aliphatic heterocycles. The molecule has 0 saturated carbocycles. The van der Waals surface area contributed by atoms with Crippen LogP contribution in [0.25, 0.3) is 0 Å². The Balaban J connectivity index is 2.39. The number of aliphatic hydroxyl groups is 1. The molecule has 0 aliphatic carbocycles. The molecule has 0 saturated heterocycles. The number of aliphatic hydroxyl groups excluding tert-OH is 1. The minimum atomic E-state index is -1.45. The molecule has 0 spiro atoms. The normalized spacial score (nSPS) is 13.6. The number of aryl methyl sites for hydroxylation is 2. The minimum absolute atomic E-state index is 0.0201. The summed E-state index contributed by atoms with van der Waals surface area (Å²) in [5.41, 5.74) is 1.08. The molecular formula is C13H20N2O4S. The first-order valence-electron chi connectivity index (χ1n) is 6.33. The lowest BCUT2D eigenvalue weighted by Gasteiger charge is -2.15. The quantitative estimate of drug-likeness (QED) is 0.640. The molecule has 2 unspecified atom stereocenters. The van der Waals surface area contributed by atoms with E-state index < -0.39 is 12.1 Å². The van der Waals surface area contributed by atoms with E-state index >= 15 is 0 Å². The fourth-order valence-electron chi connectivity index (χ4n) is 1.85. The molecule has 1 rings (SSSR count). The average molecular weight is 300 g/mol. The molecule has 6 nitrogen and oxygen atoms in total. The minimum Gasteiger partial charge on any atom is -0.479 e. The zero-order valence-corrected chi connectivity index (χ0v) is 12.6. The number of carbonyl (C=O) groups is 2. The summed E-state index contributed by atoms with van der Waals surface area (Å²) >= 11 is 1.68. The smallest absolute Gasteiger partial charge is 0.332 e. The van der Waals surface area contributed by atoms with E-state index in [0.717, 1.165) is 10.4 Å². The van der Waals surface area contributed by atoms with E-state index in [0.29, 0.717) is 0 Å². The lowest BCUT2D eigenvalue weighted by molar-refractivity contribution is -0.146. The van der Waals surface area contributed by atoms with Gasteiger partial charge in [-0.25, -0.2) is 9.59 Å². The molecule has 1 aromatic rings. The number of carboxylic acids is 1. The van der Waals surface area contributed by atoms with Crippen molar-refractivity contribution in [1.29, 1.82) is 0 Å². The Bertz CT molecular complexity index is 487. The number of rotatable bonds is 6. The predicted molar refractivity (Wildman–Crippen MR) is 77.0 cm³/mol. The second-order valence-corrected chi connectivity index (χ2v) is 6.09. The first-order valence-corrected chi connectivity index (χ1v) is 7.15. The fourth-order valence-corrected chi connectivity index (χ4v) is 2.87. The van der Waals surface area contributed by atoms with Gasteiger partial charge in [-0.15, -0.1) is 11.3 Å². The van der Waals surface area contributed by atoms with Crippen LogP contribution in [0.4, 0.5) is 4.79 Å². The highest BCUT2D eigenvalue weighted by atomic mass is 32.1. The molecule has 0 bridgehead atoms. The molecule has 0 fully saturated rings. The second kappa shape index (κ2) is 7.25. The third-order valence-electron chi connectivity index (χ3n) is 2.88. The van der Waals surface area contributed by atoms with Gasteiger partial charge >= 0.3 is 12.0 Å². The SMILES string of the molecule is Cc1cc(C(C)NC(=O)NCCC(O)C(=O)O)c(C)s1. The Kier molecular flexibility index (Phi) is 5.97. The summed E-state index contributed by atoms with van der Waals surface area (Å²) in [4.78, 5) is 24.4. The molecule has 112 valence electrons. The Morgan fingerprint density at radius 3 is 2.55 bits per heavy atom. The van der Waals surface area contributed by atoms with Gasteiger partial charge in [0.2, 0.25) is 0 Å². The lowest BCUT2D eigenvalue weighted by Crippen LogP contribution is -2.39. The molecule has 20 heavy (non-hydrogen) atoms. The monoisotopic (exact) mass is 300 g/mol. The van der Waals surface area contributed by atoms with Crippen LogP contribution < -0.4 is 10.6 Å². The molecule has 7 heteroatoms. The third-order valence-corrected chi connectivity index (χ3v) is 3.86. The summed E-state index contributed by atoms with van der Waals surface area (Å²) in [6.07, 6.45) is -1.47. The van der Waals surface area contributed by atoms with Crippen molar-refractivity contribution >= 4 is 23.3 Å². The van der Waals surface area contributed by atoms with E-state index in [1.807, 2.05) is 26.8 Å². The summed E-state index contributed by atoms with van der Waals surface area (Å²) in [5, 5.41) is 22.9. The maximum Gasteiger partial charge on any atom is 0.332 e. The first-order chi connectivity index (χ1) is 9.31. The number of carbonyl (C=O) groups excluding carboxylic acids is 1. The molecule has 1 heterocycles. The van der Waals surface area contributed by atoms with Crippen LogP contribution in [0.1, 0.15) is 34.7 Å². The number of urea groups is 1. The number of hydrogen-bond donors (Lipinski definition) is 4. The van der Waals surface area contributed by atoms with Crippen LogP contribution in [0.3, 0.4) is 0 Å². The Hall–Kier alpha value is -1.60. The third kappa shape index (κ3) is 4.82. The van der Waals surface area contributed by atoms with Gasteiger partial charge < -0.3 is 20.8 Å². The van der Waals surface area contributed by atoms with Crippen molar-refractivity contribution in [2.24, 2.45) is 0 Å². The highest BCUT2D eigenvalue weighted by Crippen LogP contribution is 2.25. The highest BCUT2D eigenvalue weighted by Gasteiger charge is 2.15. The summed E-state index contributed by atoms with van der Waals surface area (Å²) in [5.74, 6) is -1.29. The van der Waals surface area contributed by atoms with Gasteiger partial charge in [-0.1, -0.05) is 0 Å². The zero-order valence-electron chi connectivity index (χ0n) is 11.8. The van der Waals surface area contributed by atoms with E-state index in [1.165, 1.54) is 4.88 Å². The highest BCUT2D eigenvalue weighted by molar-refractivity contribution is 7.12. The summed E-state index contributed by atoms with van der Waals surface area (Å²) in [6.45, 7) is 6.02. The van der Waals surface area contributed by atoms with Crippen molar-refractivity contribution in [2.75, 3.05) is 6.54 Å². The number of hydrogen-bond acceptors (Lipinski definition) is 4. The van der Waals surface area contributed by atoms with Crippen molar-refractivity contribution in [1.82, 2.24) is 10.6 Å². The van der Waals surface area contributed by atoms with Gasteiger partial charge in [0.25, 0.3) is 0 Å². The van der Waals surface area contributed by atoms with Gasteiger partial charge in [0.05, 0.1) is 6.04 Å². The number of carboxylic acid groups (broad SMARTS) is 1. The lowest BCUT2D eigenvalue weighted by atomic mass is 10.1. The topological polar surface area (TPSA) is 98.7 Å². The average Bonchev–Trinajstić information content (AvgIpc) is 2.68. The second-order valence-electron chi connectivity index (χ2n) is 4.63. The summed E-state index contributed by atoms with van der Waals surface area (Å²) < 4.78 is 0. The molecule has 0 aliphatic rings. The van der Waals surface area contributed by atoms with Gasteiger partial charge in [0.15, 0.2) is 6.10 Å². The molecule has 2 atom stereocenters. The molecule has 0 radical (unpaired) electrons. The van der Waals surface area contributed by atoms with E-state index in [-0.39, 0.29) is 25.0 Å². The number of thiophene rings is 1. The van der Waals surface area contributed by atoms with Crippen LogP contribution >= 0.6 is 11.3 Å². The number of amides is 2. The Morgan fingerprint density at radius 2 is 2.05 bits per heavy atom. The van der Waals surface area contributed by atoms with Crippen LogP contribution in [0.5, 0.6) is 0 Å². The maximum atomic E-state index is 11.6. The predicted octanol–water partition coefficient (Wildman–Crippen LogP) is 1.56. The Labute approximate surface area is 121 Å². The molecule has 4 N–H and O–H groups in total. The van der Waals surface area contributed by atoms with Crippen molar-refractivity contribution in [2.45, 2.75) is 39.3 Å². The van der Waals surface area contributed by atoms with E-state index in [2.05, 4.69) is 10.6 Å². The van der Waals surface area contributed by atoms with Crippen molar-refractivity contribution in [3.05, 3.63) is 21.4 Å². The summed E-state index contributed by atoms with van der Waals surface area (Å²) in [6, 6.07) is 1.54. The van der Waals surface area contributed by atoms with Gasteiger partial charge in [-0.3, -0.25) is 0 Å². The van der Waals surface area contributed by atoms with Crippen LogP contribution in [0.15, 0.2) is 6.07 Å². The number of nitrogens with one attached hydrogen (secondary N) is 2. The van der Waals surface area contributed by atoms with Crippen LogP contribution in [0.2, 0.25) is 0 Å². The summed E-state index contributed by atoms with van der Waals surface area (Å²) in [7, 11) is 0. The molecular weight excluding hydrogens is 280 g/mol. The van der Waals surface area contributed by atoms with Crippen molar-refractivity contribution < 1.29 is 19.8 Å². The van der Waals surface area contributed by atoms with Gasteiger partial charge in [-0.05, 0) is 32.4 Å². The zero-order chi connectivity index (χ0) is 15.3. The van der Waals surface area contributed by atoms with E-state index in [4.69, 9.17) is 10.2 Å². The van der Waals surface area contributed by atoms with Gasteiger partial charge in [-0.2, -0.15) is 0 Å². The maximum absolute atomic E-state index is 11.6. The molecule has 1 aromatic heterocycles. The van der Waals surface area contributed by atoms with Crippen molar-refractivity contribution in [3.63, 3.8) is 0 Å². The fraction of sp³-hybridized carbons (Fsp3) is 0.538. The molecule has 2 amide bonds. The van der Waals surface area contributed by atoms with E-state index in [1.54, 1.807) is 11.3 Å². The van der Waals surface area contributed by atoms with Crippen molar-refractivity contribution in [3.8, 4) is 0 Å². The largest absolute Gasteiger partial charge is 0.479 e.